The molecule has 1 aromatic carbocycles. The molecule has 0 atom stereocenters. The summed E-state index contributed by atoms with van der Waals surface area (Å²) in [6.45, 7) is 1.76. The van der Waals surface area contributed by atoms with Gasteiger partial charge >= 0.3 is 0 Å². The molecule has 0 aliphatic carbocycles. The Morgan fingerprint density at radius 3 is 2.69 bits per heavy atom. The van der Waals surface area contributed by atoms with Gasteiger partial charge in [-0.15, -0.1) is 0 Å². The summed E-state index contributed by atoms with van der Waals surface area (Å²) in [7, 11) is -3.51. The summed E-state index contributed by atoms with van der Waals surface area (Å²) in [5.74, 6) is 0. The lowest BCUT2D eigenvalue weighted by Crippen LogP contribution is -2.12. The number of imidazole rings is 1. The average Bonchev–Trinajstić information content (AvgIpc) is 2.69. The SMILES string of the molecule is Cc1cc(Br)ccc1S(=O)(=O)n1ccnc1. The van der Waals surface area contributed by atoms with Gasteiger partial charge in [0, 0.05) is 16.9 Å². The summed E-state index contributed by atoms with van der Waals surface area (Å²) < 4.78 is 26.2. The van der Waals surface area contributed by atoms with Gasteiger partial charge in [-0.05, 0) is 30.7 Å². The Kier molecular flexibility index (Phi) is 2.86. The topological polar surface area (TPSA) is 52.0 Å². The molecule has 0 aliphatic rings. The Hall–Kier alpha value is -1.14. The summed E-state index contributed by atoms with van der Waals surface area (Å²) in [4.78, 5) is 4.02. The molecule has 6 heteroatoms. The van der Waals surface area contributed by atoms with Gasteiger partial charge in [0.25, 0.3) is 10.0 Å². The number of benzene rings is 1. The molecule has 0 bridgehead atoms. The molecule has 0 fully saturated rings. The molecule has 0 radical (unpaired) electrons. The monoisotopic (exact) mass is 300 g/mol. The molecule has 0 spiro atoms. The molecule has 2 aromatic rings. The van der Waals surface area contributed by atoms with Crippen LogP contribution in [0.4, 0.5) is 0 Å². The standard InChI is InChI=1S/C10H9BrN2O2S/c1-8-6-9(11)2-3-10(8)16(14,15)13-5-4-12-7-13/h2-7H,1H3. The second-order valence-electron chi connectivity index (χ2n) is 3.31. The molecule has 1 heterocycles. The van der Waals surface area contributed by atoms with Crippen molar-refractivity contribution >= 4 is 26.0 Å². The number of nitrogens with zero attached hydrogens (tertiary/aromatic N) is 2. The van der Waals surface area contributed by atoms with Gasteiger partial charge in [-0.25, -0.2) is 17.4 Å². The predicted octanol–water partition coefficient (Wildman–Crippen LogP) is 2.19. The fourth-order valence-electron chi connectivity index (χ4n) is 1.40. The number of hydrogen-bond donors (Lipinski definition) is 0. The third-order valence-corrected chi connectivity index (χ3v) is 4.45. The van der Waals surface area contributed by atoms with Crippen LogP contribution in [0.15, 0.2) is 46.3 Å². The van der Waals surface area contributed by atoms with Gasteiger partial charge in [0.2, 0.25) is 0 Å². The zero-order valence-corrected chi connectivity index (χ0v) is 10.9. The van der Waals surface area contributed by atoms with Gasteiger partial charge in [-0.2, -0.15) is 0 Å². The molecular weight excluding hydrogens is 292 g/mol. The van der Waals surface area contributed by atoms with E-state index in [4.69, 9.17) is 0 Å². The Morgan fingerprint density at radius 2 is 2.12 bits per heavy atom. The minimum atomic E-state index is -3.51. The van der Waals surface area contributed by atoms with E-state index < -0.39 is 10.0 Å². The highest BCUT2D eigenvalue weighted by Crippen LogP contribution is 2.21. The molecule has 2 rings (SSSR count). The molecule has 0 N–H and O–H groups in total. The van der Waals surface area contributed by atoms with Crippen LogP contribution in [0.2, 0.25) is 0 Å². The van der Waals surface area contributed by atoms with Gasteiger partial charge in [0.1, 0.15) is 6.33 Å². The van der Waals surface area contributed by atoms with Crippen molar-refractivity contribution in [1.82, 2.24) is 8.96 Å². The van der Waals surface area contributed by atoms with E-state index >= 15 is 0 Å². The fourth-order valence-corrected chi connectivity index (χ4v) is 3.21. The third-order valence-electron chi connectivity index (χ3n) is 2.17. The van der Waals surface area contributed by atoms with Crippen LogP contribution in [-0.4, -0.2) is 17.4 Å². The maximum atomic E-state index is 12.1. The van der Waals surface area contributed by atoms with Crippen molar-refractivity contribution in [2.24, 2.45) is 0 Å². The Bertz CT molecular complexity index is 606. The van der Waals surface area contributed by atoms with Gasteiger partial charge < -0.3 is 0 Å². The van der Waals surface area contributed by atoms with Crippen molar-refractivity contribution in [3.05, 3.63) is 47.0 Å². The maximum absolute atomic E-state index is 12.1. The predicted molar refractivity (Wildman–Crippen MR) is 63.7 cm³/mol. The minimum Gasteiger partial charge on any atom is -0.244 e. The number of rotatable bonds is 2. The zero-order valence-electron chi connectivity index (χ0n) is 8.46. The van der Waals surface area contributed by atoms with E-state index in [0.717, 1.165) is 8.45 Å². The molecule has 4 nitrogen and oxygen atoms in total. The first-order chi connectivity index (χ1) is 7.51. The van der Waals surface area contributed by atoms with E-state index in [0.29, 0.717) is 5.56 Å². The van der Waals surface area contributed by atoms with Crippen molar-refractivity contribution < 1.29 is 8.42 Å². The third kappa shape index (κ3) is 1.90. The highest BCUT2D eigenvalue weighted by molar-refractivity contribution is 9.10. The van der Waals surface area contributed by atoms with Crippen molar-refractivity contribution in [2.75, 3.05) is 0 Å². The van der Waals surface area contributed by atoms with Crippen molar-refractivity contribution in [2.45, 2.75) is 11.8 Å². The molecule has 0 unspecified atom stereocenters. The van der Waals surface area contributed by atoms with E-state index in [2.05, 4.69) is 20.9 Å². The van der Waals surface area contributed by atoms with Crippen molar-refractivity contribution in [3.63, 3.8) is 0 Å². The first kappa shape index (κ1) is 11.3. The van der Waals surface area contributed by atoms with E-state index in [-0.39, 0.29) is 4.90 Å². The second kappa shape index (κ2) is 4.03. The molecule has 0 saturated heterocycles. The highest BCUT2D eigenvalue weighted by Gasteiger charge is 2.18. The van der Waals surface area contributed by atoms with Crippen LogP contribution in [0.25, 0.3) is 0 Å². The molecule has 16 heavy (non-hydrogen) atoms. The maximum Gasteiger partial charge on any atom is 0.269 e. The number of aryl methyl sites for hydroxylation is 1. The van der Waals surface area contributed by atoms with Gasteiger partial charge in [-0.1, -0.05) is 15.9 Å². The van der Waals surface area contributed by atoms with Crippen LogP contribution in [0, 0.1) is 6.92 Å². The largest absolute Gasteiger partial charge is 0.269 e. The molecule has 0 saturated carbocycles. The van der Waals surface area contributed by atoms with E-state index in [9.17, 15) is 8.42 Å². The average molecular weight is 301 g/mol. The Balaban J connectivity index is 2.61. The normalized spacial score (nSPS) is 11.6. The quantitative estimate of drug-likeness (QED) is 0.854. The summed E-state index contributed by atoms with van der Waals surface area (Å²) in [5, 5.41) is 0. The first-order valence-corrected chi connectivity index (χ1v) is 6.75. The molecule has 0 aliphatic heterocycles. The zero-order chi connectivity index (χ0) is 11.8. The fraction of sp³-hybridized carbons (Fsp3) is 0.100. The van der Waals surface area contributed by atoms with Crippen LogP contribution in [-0.2, 0) is 10.0 Å². The van der Waals surface area contributed by atoms with E-state index in [1.54, 1.807) is 25.1 Å². The lowest BCUT2D eigenvalue weighted by Gasteiger charge is -2.08. The van der Waals surface area contributed by atoms with Crippen LogP contribution in [0.5, 0.6) is 0 Å². The molecule has 84 valence electrons. The Morgan fingerprint density at radius 1 is 1.38 bits per heavy atom. The van der Waals surface area contributed by atoms with Crippen molar-refractivity contribution in [1.29, 1.82) is 0 Å². The lowest BCUT2D eigenvalue weighted by atomic mass is 10.2. The summed E-state index contributed by atoms with van der Waals surface area (Å²) in [6.07, 6.45) is 4.12. The number of halogens is 1. The second-order valence-corrected chi connectivity index (χ2v) is 6.03. The number of hydrogen-bond acceptors (Lipinski definition) is 3. The van der Waals surface area contributed by atoms with E-state index in [1.807, 2.05) is 0 Å². The highest BCUT2D eigenvalue weighted by atomic mass is 79.9. The van der Waals surface area contributed by atoms with Crippen LogP contribution >= 0.6 is 15.9 Å². The van der Waals surface area contributed by atoms with Crippen LogP contribution in [0.3, 0.4) is 0 Å². The molecule has 1 aromatic heterocycles. The van der Waals surface area contributed by atoms with E-state index in [1.165, 1.54) is 18.7 Å². The smallest absolute Gasteiger partial charge is 0.244 e. The van der Waals surface area contributed by atoms with Crippen molar-refractivity contribution in [3.8, 4) is 0 Å². The lowest BCUT2D eigenvalue weighted by molar-refractivity contribution is 0.586. The summed E-state index contributed by atoms with van der Waals surface area (Å²) >= 11 is 3.30. The summed E-state index contributed by atoms with van der Waals surface area (Å²) in [5.41, 5.74) is 0.697. The Labute approximate surface area is 102 Å². The van der Waals surface area contributed by atoms with Crippen LogP contribution < -0.4 is 0 Å². The van der Waals surface area contributed by atoms with Gasteiger partial charge in [0.05, 0.1) is 4.90 Å². The van der Waals surface area contributed by atoms with Gasteiger partial charge in [0.15, 0.2) is 0 Å². The van der Waals surface area contributed by atoms with Gasteiger partial charge in [-0.3, -0.25) is 0 Å². The minimum absolute atomic E-state index is 0.286. The first-order valence-electron chi connectivity index (χ1n) is 4.51. The molecular formula is C10H9BrN2O2S. The molecule has 0 amide bonds. The number of aromatic nitrogens is 2. The summed E-state index contributed by atoms with van der Waals surface area (Å²) in [6, 6.07) is 5.05. The van der Waals surface area contributed by atoms with Crippen LogP contribution in [0.1, 0.15) is 5.56 Å².